The smallest absolute Gasteiger partial charge is 0.203 e. The minimum absolute atomic E-state index is 0.641. The first-order chi connectivity index (χ1) is 10.3. The molecule has 0 radical (unpaired) electrons. The van der Waals surface area contributed by atoms with Gasteiger partial charge < -0.3 is 10.1 Å². The van der Waals surface area contributed by atoms with Crippen molar-refractivity contribution in [3.8, 4) is 11.5 Å². The van der Waals surface area contributed by atoms with E-state index >= 15 is 0 Å². The Labute approximate surface area is 127 Å². The zero-order valence-corrected chi connectivity index (χ0v) is 12.8. The van der Waals surface area contributed by atoms with Crippen molar-refractivity contribution < 1.29 is 4.74 Å². The number of para-hydroxylation sites is 1. The number of nitrogens with zero attached hydrogens (tertiary/aromatic N) is 3. The first-order valence-electron chi connectivity index (χ1n) is 6.71. The van der Waals surface area contributed by atoms with Crippen molar-refractivity contribution in [2.45, 2.75) is 6.92 Å². The zero-order valence-electron chi connectivity index (χ0n) is 12.0. The quantitative estimate of drug-likeness (QED) is 0.734. The van der Waals surface area contributed by atoms with Crippen LogP contribution < -0.4 is 5.32 Å². The summed E-state index contributed by atoms with van der Waals surface area (Å²) >= 11 is 1.34. The highest BCUT2D eigenvalue weighted by atomic mass is 32.1. The molecule has 0 saturated carbocycles. The highest BCUT2D eigenvalue weighted by Gasteiger charge is 2.10. The van der Waals surface area contributed by atoms with Crippen LogP contribution in [0, 0.1) is 6.92 Å². The van der Waals surface area contributed by atoms with Crippen molar-refractivity contribution in [2.24, 2.45) is 0 Å². The minimum Gasteiger partial charge on any atom is -0.383 e. The second-order valence-corrected chi connectivity index (χ2v) is 5.44. The number of fused-ring (bicyclic) bond motifs is 1. The van der Waals surface area contributed by atoms with Gasteiger partial charge in [-0.15, -0.1) is 0 Å². The van der Waals surface area contributed by atoms with E-state index in [0.29, 0.717) is 12.4 Å². The average Bonchev–Trinajstić information content (AvgIpc) is 2.96. The SMILES string of the molecule is COCCNc1nc(-c2cc(C)c3ccccc3n2)ns1. The number of hydrogen-bond donors (Lipinski definition) is 1. The third-order valence-electron chi connectivity index (χ3n) is 3.16. The maximum Gasteiger partial charge on any atom is 0.203 e. The van der Waals surface area contributed by atoms with Crippen LogP contribution in [0.2, 0.25) is 0 Å². The summed E-state index contributed by atoms with van der Waals surface area (Å²) in [7, 11) is 1.68. The average molecular weight is 300 g/mol. The highest BCUT2D eigenvalue weighted by molar-refractivity contribution is 7.09. The van der Waals surface area contributed by atoms with E-state index in [1.165, 1.54) is 17.1 Å². The first kappa shape index (κ1) is 13.9. The van der Waals surface area contributed by atoms with E-state index in [0.717, 1.165) is 28.3 Å². The molecule has 0 fully saturated rings. The number of hydrogen-bond acceptors (Lipinski definition) is 6. The molecule has 1 N–H and O–H groups in total. The Morgan fingerprint density at radius 1 is 1.24 bits per heavy atom. The molecule has 0 bridgehead atoms. The fourth-order valence-electron chi connectivity index (χ4n) is 2.12. The molecule has 0 aliphatic rings. The fraction of sp³-hybridized carbons (Fsp3) is 0.267. The largest absolute Gasteiger partial charge is 0.383 e. The topological polar surface area (TPSA) is 59.9 Å². The lowest BCUT2D eigenvalue weighted by molar-refractivity contribution is 0.211. The molecule has 0 aliphatic carbocycles. The normalized spacial score (nSPS) is 11.0. The lowest BCUT2D eigenvalue weighted by Gasteiger charge is -2.03. The Morgan fingerprint density at radius 2 is 2.10 bits per heavy atom. The number of anilines is 1. The number of aryl methyl sites for hydroxylation is 1. The summed E-state index contributed by atoms with van der Waals surface area (Å²) in [5.74, 6) is 0.661. The zero-order chi connectivity index (χ0) is 14.7. The Hall–Kier alpha value is -2.05. The van der Waals surface area contributed by atoms with E-state index in [4.69, 9.17) is 4.74 Å². The van der Waals surface area contributed by atoms with Crippen molar-refractivity contribution in [1.29, 1.82) is 0 Å². The summed E-state index contributed by atoms with van der Waals surface area (Å²) in [6.07, 6.45) is 0. The van der Waals surface area contributed by atoms with Crippen molar-refractivity contribution >= 4 is 27.6 Å². The van der Waals surface area contributed by atoms with E-state index in [9.17, 15) is 0 Å². The lowest BCUT2D eigenvalue weighted by atomic mass is 10.1. The van der Waals surface area contributed by atoms with Crippen LogP contribution in [-0.4, -0.2) is 34.6 Å². The van der Waals surface area contributed by atoms with Gasteiger partial charge in [-0.3, -0.25) is 0 Å². The van der Waals surface area contributed by atoms with Gasteiger partial charge in [0.25, 0.3) is 0 Å². The van der Waals surface area contributed by atoms with Gasteiger partial charge in [0, 0.05) is 30.6 Å². The molecule has 0 unspecified atom stereocenters. The molecule has 0 aliphatic heterocycles. The summed E-state index contributed by atoms with van der Waals surface area (Å²) in [4.78, 5) is 9.12. The van der Waals surface area contributed by atoms with Crippen LogP contribution in [0.1, 0.15) is 5.56 Å². The molecular weight excluding hydrogens is 284 g/mol. The Balaban J connectivity index is 1.90. The Bertz CT molecular complexity index is 756. The predicted octanol–water partition coefficient (Wildman–Crippen LogP) is 3.12. The number of methoxy groups -OCH3 is 1. The van der Waals surface area contributed by atoms with Gasteiger partial charge >= 0.3 is 0 Å². The molecule has 0 saturated heterocycles. The van der Waals surface area contributed by atoms with Crippen LogP contribution in [0.3, 0.4) is 0 Å². The fourth-order valence-corrected chi connectivity index (χ4v) is 2.72. The molecule has 3 rings (SSSR count). The van der Waals surface area contributed by atoms with E-state index < -0.39 is 0 Å². The van der Waals surface area contributed by atoms with Gasteiger partial charge in [-0.1, -0.05) is 18.2 Å². The second kappa shape index (κ2) is 6.15. The summed E-state index contributed by atoms with van der Waals surface area (Å²) in [5.41, 5.74) is 2.96. The molecule has 1 aromatic carbocycles. The number of pyridine rings is 1. The van der Waals surface area contributed by atoms with Crippen LogP contribution in [0.4, 0.5) is 5.13 Å². The third-order valence-corrected chi connectivity index (χ3v) is 3.83. The summed E-state index contributed by atoms with van der Waals surface area (Å²) in [5, 5.41) is 5.13. The molecule has 2 aromatic heterocycles. The maximum atomic E-state index is 5.00. The van der Waals surface area contributed by atoms with Crippen molar-refractivity contribution in [3.63, 3.8) is 0 Å². The van der Waals surface area contributed by atoms with Gasteiger partial charge in [0.2, 0.25) is 5.13 Å². The van der Waals surface area contributed by atoms with Crippen LogP contribution in [0.5, 0.6) is 0 Å². The molecule has 6 heteroatoms. The van der Waals surface area contributed by atoms with Crippen LogP contribution >= 0.6 is 11.5 Å². The number of ether oxygens (including phenoxy) is 1. The molecule has 108 valence electrons. The molecule has 2 heterocycles. The Morgan fingerprint density at radius 3 is 2.95 bits per heavy atom. The van der Waals surface area contributed by atoms with Gasteiger partial charge in [-0.05, 0) is 24.6 Å². The molecule has 3 aromatic rings. The van der Waals surface area contributed by atoms with Gasteiger partial charge in [-0.25, -0.2) is 4.98 Å². The van der Waals surface area contributed by atoms with E-state index in [1.807, 2.05) is 24.3 Å². The van der Waals surface area contributed by atoms with Crippen molar-refractivity contribution in [3.05, 3.63) is 35.9 Å². The van der Waals surface area contributed by atoms with Crippen molar-refractivity contribution in [2.75, 3.05) is 25.6 Å². The van der Waals surface area contributed by atoms with Crippen LogP contribution in [-0.2, 0) is 4.74 Å². The predicted molar refractivity (Wildman–Crippen MR) is 85.7 cm³/mol. The summed E-state index contributed by atoms with van der Waals surface area (Å²) in [6.45, 7) is 3.44. The van der Waals surface area contributed by atoms with Gasteiger partial charge in [0.05, 0.1) is 12.1 Å². The standard InChI is InChI=1S/C15H16N4OS/c1-10-9-13(17-12-6-4-3-5-11(10)12)14-18-15(21-19-14)16-7-8-20-2/h3-6,9H,7-8H2,1-2H3,(H,16,18,19). The Kier molecular flexibility index (Phi) is 4.08. The molecular formula is C15H16N4OS. The highest BCUT2D eigenvalue weighted by Crippen LogP contribution is 2.24. The number of nitrogens with one attached hydrogen (secondary N) is 1. The number of benzene rings is 1. The summed E-state index contributed by atoms with van der Waals surface area (Å²) < 4.78 is 9.38. The number of rotatable bonds is 5. The monoisotopic (exact) mass is 300 g/mol. The van der Waals surface area contributed by atoms with Gasteiger partial charge in [-0.2, -0.15) is 9.36 Å². The summed E-state index contributed by atoms with van der Waals surface area (Å²) in [6, 6.07) is 10.1. The van der Waals surface area contributed by atoms with E-state index in [2.05, 4.69) is 32.6 Å². The lowest BCUT2D eigenvalue weighted by Crippen LogP contribution is -2.07. The third kappa shape index (κ3) is 3.01. The van der Waals surface area contributed by atoms with E-state index in [1.54, 1.807) is 7.11 Å². The molecule has 5 nitrogen and oxygen atoms in total. The van der Waals surface area contributed by atoms with Crippen molar-refractivity contribution in [1.82, 2.24) is 14.3 Å². The second-order valence-electron chi connectivity index (χ2n) is 4.68. The minimum atomic E-state index is 0.641. The van der Waals surface area contributed by atoms with Crippen LogP contribution in [0.25, 0.3) is 22.4 Å². The molecule has 0 spiro atoms. The molecule has 0 atom stereocenters. The number of aromatic nitrogens is 3. The molecule has 21 heavy (non-hydrogen) atoms. The first-order valence-corrected chi connectivity index (χ1v) is 7.48. The van der Waals surface area contributed by atoms with Gasteiger partial charge in [0.15, 0.2) is 5.82 Å². The van der Waals surface area contributed by atoms with E-state index in [-0.39, 0.29) is 0 Å². The van der Waals surface area contributed by atoms with Crippen LogP contribution in [0.15, 0.2) is 30.3 Å². The molecule has 0 amide bonds. The van der Waals surface area contributed by atoms with Gasteiger partial charge in [0.1, 0.15) is 5.69 Å². The maximum absolute atomic E-state index is 5.00.